The molecule has 0 spiro atoms. The monoisotopic (exact) mass is 199 g/mol. The first-order valence-electron chi connectivity index (χ1n) is 4.30. The molecule has 4 heteroatoms. The summed E-state index contributed by atoms with van der Waals surface area (Å²) in [6.07, 6.45) is 5.09. The Kier molecular flexibility index (Phi) is 4.15. The minimum Gasteiger partial charge on any atom is -0.330 e. The predicted octanol–water partition coefficient (Wildman–Crippen LogP) is 1.47. The lowest BCUT2D eigenvalue weighted by Crippen LogP contribution is -2.13. The van der Waals surface area contributed by atoms with Crippen molar-refractivity contribution in [2.75, 3.05) is 6.54 Å². The smallest absolute Gasteiger partial charge is 0.0637 e. The highest BCUT2D eigenvalue weighted by Gasteiger charge is 2.08. The lowest BCUT2D eigenvalue weighted by Gasteiger charge is -2.12. The van der Waals surface area contributed by atoms with Crippen LogP contribution >= 0.6 is 11.6 Å². The molecule has 1 heterocycles. The van der Waals surface area contributed by atoms with E-state index in [0.29, 0.717) is 11.6 Å². The van der Waals surface area contributed by atoms with E-state index in [-0.39, 0.29) is 6.04 Å². The molecule has 3 nitrogen and oxygen atoms in total. The fourth-order valence-electron chi connectivity index (χ4n) is 1.18. The van der Waals surface area contributed by atoms with Crippen LogP contribution < -0.4 is 11.5 Å². The van der Waals surface area contributed by atoms with Crippen LogP contribution in [0.3, 0.4) is 0 Å². The molecule has 0 saturated heterocycles. The number of aromatic nitrogens is 1. The number of hydrogen-bond donors (Lipinski definition) is 2. The number of hydrogen-bond acceptors (Lipinski definition) is 3. The third-order valence-electron chi connectivity index (χ3n) is 1.92. The molecule has 4 N–H and O–H groups in total. The van der Waals surface area contributed by atoms with Gasteiger partial charge in [-0.15, -0.1) is 0 Å². The van der Waals surface area contributed by atoms with Crippen molar-refractivity contribution in [2.45, 2.75) is 18.9 Å². The molecule has 0 aliphatic heterocycles. The summed E-state index contributed by atoms with van der Waals surface area (Å²) in [5.41, 5.74) is 12.3. The normalized spacial score (nSPS) is 12.8. The van der Waals surface area contributed by atoms with Gasteiger partial charge in [0.15, 0.2) is 0 Å². The summed E-state index contributed by atoms with van der Waals surface area (Å²) < 4.78 is 0. The molecular formula is C9H14ClN3. The summed E-state index contributed by atoms with van der Waals surface area (Å²) in [5, 5.41) is 0.632. The highest BCUT2D eigenvalue weighted by atomic mass is 35.5. The number of halogens is 1. The highest BCUT2D eigenvalue weighted by Crippen LogP contribution is 2.22. The van der Waals surface area contributed by atoms with Gasteiger partial charge in [-0.05, 0) is 31.0 Å². The Hall–Kier alpha value is -0.640. The van der Waals surface area contributed by atoms with E-state index in [1.54, 1.807) is 12.4 Å². The van der Waals surface area contributed by atoms with E-state index in [4.69, 9.17) is 23.1 Å². The van der Waals surface area contributed by atoms with Crippen molar-refractivity contribution in [3.05, 3.63) is 29.0 Å². The van der Waals surface area contributed by atoms with E-state index >= 15 is 0 Å². The first-order valence-corrected chi connectivity index (χ1v) is 4.68. The minimum atomic E-state index is -0.0287. The van der Waals surface area contributed by atoms with Gasteiger partial charge in [0.1, 0.15) is 0 Å². The molecule has 1 aromatic rings. The van der Waals surface area contributed by atoms with Crippen LogP contribution in [0, 0.1) is 0 Å². The second-order valence-corrected chi connectivity index (χ2v) is 3.34. The van der Waals surface area contributed by atoms with Gasteiger partial charge in [-0.25, -0.2) is 0 Å². The molecule has 0 fully saturated rings. The lowest BCUT2D eigenvalue weighted by molar-refractivity contribution is 0.617. The second kappa shape index (κ2) is 5.17. The van der Waals surface area contributed by atoms with Crippen LogP contribution in [0.1, 0.15) is 24.4 Å². The molecular weight excluding hydrogens is 186 g/mol. The van der Waals surface area contributed by atoms with E-state index in [1.165, 1.54) is 0 Å². The molecule has 0 bridgehead atoms. The van der Waals surface area contributed by atoms with Crippen molar-refractivity contribution in [1.29, 1.82) is 0 Å². The zero-order chi connectivity index (χ0) is 9.68. The van der Waals surface area contributed by atoms with Crippen LogP contribution in [-0.4, -0.2) is 11.5 Å². The van der Waals surface area contributed by atoms with E-state index in [9.17, 15) is 0 Å². The van der Waals surface area contributed by atoms with E-state index in [1.807, 2.05) is 6.07 Å². The third kappa shape index (κ3) is 2.95. The van der Waals surface area contributed by atoms with Gasteiger partial charge in [-0.1, -0.05) is 11.6 Å². The molecule has 0 aliphatic rings. The van der Waals surface area contributed by atoms with Gasteiger partial charge >= 0.3 is 0 Å². The largest absolute Gasteiger partial charge is 0.330 e. The molecule has 0 unspecified atom stereocenters. The van der Waals surface area contributed by atoms with E-state index in [0.717, 1.165) is 18.4 Å². The van der Waals surface area contributed by atoms with Crippen LogP contribution in [0.5, 0.6) is 0 Å². The summed E-state index contributed by atoms with van der Waals surface area (Å²) in [6.45, 7) is 0.663. The van der Waals surface area contributed by atoms with Crippen LogP contribution in [0.4, 0.5) is 0 Å². The predicted molar refractivity (Wildman–Crippen MR) is 54.5 cm³/mol. The Balaban J connectivity index is 2.65. The molecule has 0 aromatic carbocycles. The maximum atomic E-state index is 5.92. The third-order valence-corrected chi connectivity index (χ3v) is 2.24. The molecule has 1 rings (SSSR count). The van der Waals surface area contributed by atoms with Crippen molar-refractivity contribution >= 4 is 11.6 Å². The Bertz CT molecular complexity index is 265. The molecule has 0 aliphatic carbocycles. The van der Waals surface area contributed by atoms with Crippen molar-refractivity contribution in [2.24, 2.45) is 11.5 Å². The van der Waals surface area contributed by atoms with Crippen LogP contribution in [0.2, 0.25) is 5.02 Å². The maximum absolute atomic E-state index is 5.92. The fraction of sp³-hybridized carbons (Fsp3) is 0.444. The summed E-state index contributed by atoms with van der Waals surface area (Å²) in [6, 6.07) is 1.82. The number of nitrogens with two attached hydrogens (primary N) is 2. The zero-order valence-corrected chi connectivity index (χ0v) is 8.17. The number of rotatable bonds is 4. The Morgan fingerprint density at radius 2 is 2.31 bits per heavy atom. The van der Waals surface area contributed by atoms with Gasteiger partial charge in [0, 0.05) is 18.4 Å². The van der Waals surface area contributed by atoms with Gasteiger partial charge in [-0.2, -0.15) is 0 Å². The van der Waals surface area contributed by atoms with E-state index in [2.05, 4.69) is 4.98 Å². The zero-order valence-electron chi connectivity index (χ0n) is 7.41. The molecule has 0 saturated carbocycles. The summed E-state index contributed by atoms with van der Waals surface area (Å²) in [5.74, 6) is 0. The molecule has 1 aromatic heterocycles. The van der Waals surface area contributed by atoms with Gasteiger partial charge < -0.3 is 11.5 Å². The summed E-state index contributed by atoms with van der Waals surface area (Å²) in [4.78, 5) is 3.90. The number of nitrogens with zero attached hydrogens (tertiary/aromatic N) is 1. The average molecular weight is 200 g/mol. The van der Waals surface area contributed by atoms with Gasteiger partial charge in [-0.3, -0.25) is 4.98 Å². The Labute approximate surface area is 83.1 Å². The average Bonchev–Trinajstić information content (AvgIpc) is 2.15. The standard InChI is InChI=1S/C9H14ClN3/c10-8-6-13-5-3-7(8)9(12)2-1-4-11/h3,5-6,9H,1-2,4,11-12H2/t9-/m1/s1. The molecule has 72 valence electrons. The molecule has 0 radical (unpaired) electrons. The SMILES string of the molecule is NCCC[C@@H](N)c1ccncc1Cl. The van der Waals surface area contributed by atoms with Crippen molar-refractivity contribution in [3.8, 4) is 0 Å². The topological polar surface area (TPSA) is 64.9 Å². The van der Waals surface area contributed by atoms with Crippen LogP contribution in [0.25, 0.3) is 0 Å². The first-order chi connectivity index (χ1) is 6.25. The highest BCUT2D eigenvalue weighted by molar-refractivity contribution is 6.31. The van der Waals surface area contributed by atoms with Gasteiger partial charge in [0.05, 0.1) is 5.02 Å². The minimum absolute atomic E-state index is 0.0287. The Morgan fingerprint density at radius 1 is 1.54 bits per heavy atom. The van der Waals surface area contributed by atoms with Crippen LogP contribution in [0.15, 0.2) is 18.5 Å². The Morgan fingerprint density at radius 3 is 2.92 bits per heavy atom. The quantitative estimate of drug-likeness (QED) is 0.772. The van der Waals surface area contributed by atoms with Crippen molar-refractivity contribution in [3.63, 3.8) is 0 Å². The molecule has 0 amide bonds. The maximum Gasteiger partial charge on any atom is 0.0637 e. The fourth-order valence-corrected chi connectivity index (χ4v) is 1.44. The van der Waals surface area contributed by atoms with Crippen molar-refractivity contribution < 1.29 is 0 Å². The van der Waals surface area contributed by atoms with Crippen LogP contribution in [-0.2, 0) is 0 Å². The second-order valence-electron chi connectivity index (χ2n) is 2.93. The van der Waals surface area contributed by atoms with Gasteiger partial charge in [0.2, 0.25) is 0 Å². The summed E-state index contributed by atoms with van der Waals surface area (Å²) in [7, 11) is 0. The van der Waals surface area contributed by atoms with E-state index < -0.39 is 0 Å². The summed E-state index contributed by atoms with van der Waals surface area (Å²) >= 11 is 5.92. The molecule has 13 heavy (non-hydrogen) atoms. The molecule has 1 atom stereocenters. The first kappa shape index (κ1) is 10.4. The lowest BCUT2D eigenvalue weighted by atomic mass is 10.0. The van der Waals surface area contributed by atoms with Gasteiger partial charge in [0.25, 0.3) is 0 Å². The number of pyridine rings is 1. The van der Waals surface area contributed by atoms with Crippen molar-refractivity contribution in [1.82, 2.24) is 4.98 Å².